The molecule has 11 rings (SSSR count). The number of nitrogens with zero attached hydrogens (tertiary/aromatic N) is 4. The van der Waals surface area contributed by atoms with Crippen LogP contribution in [0.25, 0.3) is 61.0 Å². The standard InChI is InChI=1S/C66H49F10N4O.Pt/c1-64(2,3)36-20-18-34(19-21-36)35-26-39(31-41(27-35)81-40-22-23-43-42-14-10-11-15-46(42)80(49(43)32-40)50-30-37(24-25-77-50)65(4,5)6)78-33-79(48-17-13-12-16-47(48)78)63-44(51-53(67)57(71)61(75)58(72)54(51)68)28-38(66(7,8)9)29-45(63)52-55(69)59(73)62(76)60(74)56(52)70;/h10-30,33H,1-9H3;/q-3;/i18D,19D,20D,21D;. The van der Waals surface area contributed by atoms with Crippen molar-refractivity contribution in [2.75, 3.05) is 9.80 Å². The van der Waals surface area contributed by atoms with Crippen LogP contribution in [0, 0.1) is 77.0 Å². The first kappa shape index (κ1) is 52.2. The largest absolute Gasteiger partial charge is 0.509 e. The van der Waals surface area contributed by atoms with Crippen LogP contribution in [0.15, 0.2) is 127 Å². The molecule has 0 fully saturated rings. The van der Waals surface area contributed by atoms with Crippen molar-refractivity contribution in [2.24, 2.45) is 0 Å². The quantitative estimate of drug-likeness (QED) is 0.0657. The van der Waals surface area contributed by atoms with Gasteiger partial charge in [0.2, 0.25) is 11.6 Å². The van der Waals surface area contributed by atoms with Crippen LogP contribution in [-0.2, 0) is 37.3 Å². The van der Waals surface area contributed by atoms with E-state index in [4.69, 9.17) is 9.72 Å². The average molecular weight is 1300 g/mol. The summed E-state index contributed by atoms with van der Waals surface area (Å²) in [6.45, 7) is 17.1. The zero-order valence-electron chi connectivity index (χ0n) is 49.2. The Labute approximate surface area is 487 Å². The van der Waals surface area contributed by atoms with Gasteiger partial charge >= 0.3 is 0 Å². The topological polar surface area (TPSA) is 33.5 Å². The number of para-hydroxylation sites is 3. The first-order valence-corrected chi connectivity index (χ1v) is 25.4. The van der Waals surface area contributed by atoms with Crippen LogP contribution in [0.2, 0.25) is 0 Å². The van der Waals surface area contributed by atoms with Crippen molar-refractivity contribution >= 4 is 44.6 Å². The van der Waals surface area contributed by atoms with Gasteiger partial charge in [0.1, 0.15) is 5.82 Å². The Kier molecular flexibility index (Phi) is 13.3. The molecule has 3 heterocycles. The summed E-state index contributed by atoms with van der Waals surface area (Å²) in [5.74, 6) is -23.7. The van der Waals surface area contributed by atoms with Crippen molar-refractivity contribution in [2.45, 2.75) is 78.6 Å². The van der Waals surface area contributed by atoms with Crippen molar-refractivity contribution in [3.63, 3.8) is 0 Å². The van der Waals surface area contributed by atoms with Gasteiger partial charge in [-0.1, -0.05) is 122 Å². The summed E-state index contributed by atoms with van der Waals surface area (Å²) in [6, 6.07) is 30.7. The molecule has 0 N–H and O–H groups in total. The second-order valence-corrected chi connectivity index (χ2v) is 22.7. The Balaban J connectivity index is 0.00000820. The van der Waals surface area contributed by atoms with Crippen LogP contribution in [0.4, 0.5) is 66.7 Å². The fourth-order valence-corrected chi connectivity index (χ4v) is 9.86. The second-order valence-electron chi connectivity index (χ2n) is 22.7. The molecule has 0 unspecified atom stereocenters. The number of hydrogen-bond acceptors (Lipinski definition) is 4. The predicted molar refractivity (Wildman–Crippen MR) is 296 cm³/mol. The minimum absolute atomic E-state index is 0. The van der Waals surface area contributed by atoms with Crippen LogP contribution >= 0.6 is 0 Å². The van der Waals surface area contributed by atoms with Crippen molar-refractivity contribution in [1.82, 2.24) is 9.55 Å². The van der Waals surface area contributed by atoms with Gasteiger partial charge in [-0.2, -0.15) is 6.07 Å². The summed E-state index contributed by atoms with van der Waals surface area (Å²) in [4.78, 5) is 7.11. The Hall–Kier alpha value is -7.90. The van der Waals surface area contributed by atoms with Gasteiger partial charge in [0.25, 0.3) is 0 Å². The third-order valence-corrected chi connectivity index (χ3v) is 14.2. The molecule has 16 heteroatoms. The number of fused-ring (bicyclic) bond motifs is 4. The monoisotopic (exact) mass is 1300 g/mol. The molecule has 2 aromatic heterocycles. The van der Waals surface area contributed by atoms with Gasteiger partial charge in [-0.25, -0.2) is 48.9 Å². The Bertz CT molecular complexity index is 4300. The number of pyridine rings is 1. The molecule has 0 saturated heterocycles. The van der Waals surface area contributed by atoms with E-state index in [0.717, 1.165) is 45.6 Å². The molecule has 1 aliphatic rings. The minimum atomic E-state index is -2.54. The molecule has 422 valence electrons. The summed E-state index contributed by atoms with van der Waals surface area (Å²) in [5.41, 5.74) is -6.06. The van der Waals surface area contributed by atoms with E-state index in [-0.39, 0.29) is 89.4 Å². The van der Waals surface area contributed by atoms with Gasteiger partial charge in [-0.15, -0.1) is 53.6 Å². The fraction of sp³-hybridized carbons (Fsp3) is 0.182. The fourth-order valence-electron chi connectivity index (χ4n) is 9.86. The molecule has 82 heavy (non-hydrogen) atoms. The summed E-state index contributed by atoms with van der Waals surface area (Å²) in [6.07, 6.45) is 1.72. The summed E-state index contributed by atoms with van der Waals surface area (Å²) >= 11 is 0. The van der Waals surface area contributed by atoms with Gasteiger partial charge in [0.15, 0.2) is 46.5 Å². The van der Waals surface area contributed by atoms with Gasteiger partial charge in [-0.05, 0) is 86.3 Å². The molecule has 0 bridgehead atoms. The molecule has 0 radical (unpaired) electrons. The zero-order chi connectivity index (χ0) is 61.4. The molecule has 0 atom stereocenters. The number of benzene rings is 8. The maximum Gasteiger partial charge on any atom is 0.200 e. The van der Waals surface area contributed by atoms with E-state index >= 15 is 35.1 Å². The van der Waals surface area contributed by atoms with Crippen LogP contribution in [0.5, 0.6) is 11.5 Å². The summed E-state index contributed by atoms with van der Waals surface area (Å²) in [7, 11) is 0. The maximum atomic E-state index is 16.5. The van der Waals surface area contributed by atoms with Crippen molar-refractivity contribution in [1.29, 1.82) is 0 Å². The summed E-state index contributed by atoms with van der Waals surface area (Å²) in [5, 5.41) is 1.65. The third-order valence-electron chi connectivity index (χ3n) is 14.2. The third kappa shape index (κ3) is 9.77. The second kappa shape index (κ2) is 20.8. The SMILES string of the molecule is [2H]c1c([2H])c(C(C)(C)C)c([2H])c([2H])c1-c1cc(Oc2[c-]c3c(cc2)c2ccccc2n3-c2cc(C(C)(C)C)ccn2)[c-]c(N2[CH-]N(c3c(-c4c(F)c(F)c(F)c(F)c4F)cc(C(C)(C)C)cc3-c3c(F)c(F)c(F)c(F)c3F)c3ccccc32)c1.[Pt]. The number of aromatic nitrogens is 2. The molecule has 10 aromatic rings. The minimum Gasteiger partial charge on any atom is -0.509 e. The molecule has 0 amide bonds. The molecule has 8 aromatic carbocycles. The van der Waals surface area contributed by atoms with Crippen LogP contribution in [0.3, 0.4) is 0 Å². The van der Waals surface area contributed by atoms with Gasteiger partial charge in [0.05, 0.1) is 16.6 Å². The first-order chi connectivity index (χ1) is 39.9. The normalized spacial score (nSPS) is 13.5. The Morgan fingerprint density at radius 3 is 1.55 bits per heavy atom. The van der Waals surface area contributed by atoms with Crippen molar-refractivity contribution < 1.29 is 75.2 Å². The molecular weight excluding hydrogens is 1250 g/mol. The first-order valence-electron chi connectivity index (χ1n) is 27.4. The Morgan fingerprint density at radius 2 is 1.00 bits per heavy atom. The molecule has 0 spiro atoms. The number of ether oxygens (including phenoxy) is 1. The predicted octanol–water partition coefficient (Wildman–Crippen LogP) is 19.3. The van der Waals surface area contributed by atoms with Crippen molar-refractivity contribution in [3.8, 4) is 50.7 Å². The molecule has 1 aliphatic heterocycles. The van der Waals surface area contributed by atoms with Crippen molar-refractivity contribution in [3.05, 3.63) is 221 Å². The Morgan fingerprint density at radius 1 is 0.488 bits per heavy atom. The average Bonchev–Trinajstić information content (AvgIpc) is 1.36. The smallest absolute Gasteiger partial charge is 0.200 e. The van der Waals surface area contributed by atoms with Gasteiger partial charge in [-0.3, -0.25) is 0 Å². The van der Waals surface area contributed by atoms with Crippen LogP contribution in [-0.4, -0.2) is 9.55 Å². The zero-order valence-corrected chi connectivity index (χ0v) is 47.5. The molecule has 0 saturated carbocycles. The van der Waals surface area contributed by atoms with E-state index in [1.165, 1.54) is 62.1 Å². The van der Waals surface area contributed by atoms with E-state index in [9.17, 15) is 14.3 Å². The molecule has 5 nitrogen and oxygen atoms in total. The van der Waals surface area contributed by atoms with Gasteiger partial charge in [0, 0.05) is 72.5 Å². The summed E-state index contributed by atoms with van der Waals surface area (Å²) < 4.78 is 203. The van der Waals surface area contributed by atoms with E-state index < -0.39 is 109 Å². The van der Waals surface area contributed by atoms with E-state index in [0.29, 0.717) is 11.3 Å². The van der Waals surface area contributed by atoms with Gasteiger partial charge < -0.3 is 19.1 Å². The number of rotatable bonds is 8. The van der Waals surface area contributed by atoms with Crippen LogP contribution in [0.1, 0.15) is 84.5 Å². The number of anilines is 4. The molecule has 0 aliphatic carbocycles. The van der Waals surface area contributed by atoms with Crippen LogP contribution < -0.4 is 14.5 Å². The van der Waals surface area contributed by atoms with E-state index in [1.54, 1.807) is 33.0 Å². The number of hydrogen-bond donors (Lipinski definition) is 0. The van der Waals surface area contributed by atoms with E-state index in [1.807, 2.05) is 47.0 Å². The maximum absolute atomic E-state index is 16.5. The van der Waals surface area contributed by atoms with E-state index in [2.05, 4.69) is 32.9 Å². The number of halogens is 10. The molecular formula is C66H49F10N4OPt-3.